The van der Waals surface area contributed by atoms with E-state index in [1.165, 1.54) is 347 Å². The Hall–Kier alpha value is -1.33. The van der Waals surface area contributed by atoms with Gasteiger partial charge in [0.25, 0.3) is 0 Å². The SMILES string of the molecule is CCCCCCCCCCCCCCCCCCC/C=C/CC/C=C/C(O)C(COC1OC(CO)C(O)C(O)C1O)NC(=O)CCCCCCCCCCCCCCCCCCCCCCCCCCCCCCCCCCCCCCCCCC. The molecule has 9 nitrogen and oxygen atoms in total. The molecule has 1 aliphatic heterocycles. The van der Waals surface area contributed by atoms with E-state index in [1.54, 1.807) is 6.08 Å². The number of nitrogens with one attached hydrogen (secondary N) is 1. The van der Waals surface area contributed by atoms with E-state index in [0.29, 0.717) is 6.42 Å². The zero-order valence-electron chi connectivity index (χ0n) is 57.4. The van der Waals surface area contributed by atoms with Gasteiger partial charge in [-0.25, -0.2) is 0 Å². The average Bonchev–Trinajstić information content (AvgIpc) is 2.34. The van der Waals surface area contributed by atoms with Crippen molar-refractivity contribution in [3.8, 4) is 0 Å². The molecule has 1 fully saturated rings. The first-order valence-electron chi connectivity index (χ1n) is 38.6. The highest BCUT2D eigenvalue weighted by Gasteiger charge is 2.44. The summed E-state index contributed by atoms with van der Waals surface area (Å²) in [4.78, 5) is 13.1. The number of allylic oxidation sites excluding steroid dienone is 3. The summed E-state index contributed by atoms with van der Waals surface area (Å²) >= 11 is 0. The molecule has 0 radical (unpaired) electrons. The monoisotopic (exact) mass is 1220 g/mol. The van der Waals surface area contributed by atoms with Gasteiger partial charge in [-0.2, -0.15) is 0 Å². The zero-order valence-corrected chi connectivity index (χ0v) is 57.4. The number of unbranched alkanes of at least 4 members (excludes halogenated alkanes) is 57. The van der Waals surface area contributed by atoms with Crippen molar-refractivity contribution in [2.24, 2.45) is 0 Å². The Morgan fingerprint density at radius 3 is 0.977 bits per heavy atom. The Morgan fingerprint density at radius 1 is 0.384 bits per heavy atom. The molecule has 510 valence electrons. The molecule has 0 aromatic heterocycles. The summed E-state index contributed by atoms with van der Waals surface area (Å²) in [5, 5.41) is 54.8. The summed E-state index contributed by atoms with van der Waals surface area (Å²) in [5.74, 6) is -0.177. The molecule has 6 N–H and O–H groups in total. The second-order valence-corrected chi connectivity index (χ2v) is 27.2. The molecule has 0 aromatic rings. The molecule has 0 bridgehead atoms. The van der Waals surface area contributed by atoms with Crippen LogP contribution in [0, 0.1) is 0 Å². The van der Waals surface area contributed by atoms with Gasteiger partial charge < -0.3 is 40.3 Å². The minimum atomic E-state index is -1.57. The van der Waals surface area contributed by atoms with Crippen molar-refractivity contribution in [3.05, 3.63) is 24.3 Å². The summed E-state index contributed by atoms with van der Waals surface area (Å²) < 4.78 is 11.3. The standard InChI is InChI=1S/C77H149NO8/c1-3-5-7-9-11-13-15-17-19-21-23-25-27-28-29-30-31-32-33-34-35-36-37-38-39-40-41-42-43-45-47-49-51-53-55-57-59-61-63-65-67-73(81)78-70(69-85-77-76(84)75(83)74(82)72(68-79)86-77)71(80)66-64-62-60-58-56-54-52-50-48-46-44-26-24-22-20-18-16-14-12-10-8-6-4-2/h56,58,64,66,70-72,74-77,79-80,82-84H,3-55,57,59-63,65,67-69H2,1-2H3,(H,78,81)/b58-56+,66-64+. The molecule has 0 aromatic carbocycles. The Labute approximate surface area is 534 Å². The topological polar surface area (TPSA) is 149 Å². The first-order chi connectivity index (χ1) is 42.3. The third kappa shape index (κ3) is 54.4. The summed E-state index contributed by atoms with van der Waals surface area (Å²) in [6.45, 7) is 3.83. The first-order valence-corrected chi connectivity index (χ1v) is 38.6. The smallest absolute Gasteiger partial charge is 0.220 e. The normalized spacial score (nSPS) is 18.1. The van der Waals surface area contributed by atoms with E-state index in [4.69, 9.17) is 9.47 Å². The van der Waals surface area contributed by atoms with Crippen LogP contribution in [0.4, 0.5) is 0 Å². The van der Waals surface area contributed by atoms with Gasteiger partial charge >= 0.3 is 0 Å². The predicted octanol–water partition coefficient (Wildman–Crippen LogP) is 21.6. The molecule has 7 atom stereocenters. The summed E-state index contributed by atoms with van der Waals surface area (Å²) in [6, 6.07) is -0.820. The van der Waals surface area contributed by atoms with E-state index < -0.39 is 49.5 Å². The summed E-state index contributed by atoms with van der Waals surface area (Å²) in [6.07, 6.45) is 81.9. The lowest BCUT2D eigenvalue weighted by Crippen LogP contribution is -2.60. The van der Waals surface area contributed by atoms with E-state index in [2.05, 4.69) is 31.3 Å². The lowest BCUT2D eigenvalue weighted by molar-refractivity contribution is -0.302. The fourth-order valence-electron chi connectivity index (χ4n) is 12.8. The average molecular weight is 1220 g/mol. The van der Waals surface area contributed by atoms with Gasteiger partial charge in [-0.3, -0.25) is 4.79 Å². The van der Waals surface area contributed by atoms with E-state index in [9.17, 15) is 30.3 Å². The second-order valence-electron chi connectivity index (χ2n) is 27.2. The minimum Gasteiger partial charge on any atom is -0.394 e. The van der Waals surface area contributed by atoms with Gasteiger partial charge in [0, 0.05) is 6.42 Å². The Kier molecular flexibility index (Phi) is 64.0. The number of amides is 1. The maximum Gasteiger partial charge on any atom is 0.220 e. The predicted molar refractivity (Wildman–Crippen MR) is 369 cm³/mol. The van der Waals surface area contributed by atoms with Crippen LogP contribution in [0.2, 0.25) is 0 Å². The maximum atomic E-state index is 13.1. The molecule has 1 aliphatic rings. The lowest BCUT2D eigenvalue weighted by atomic mass is 9.99. The highest BCUT2D eigenvalue weighted by molar-refractivity contribution is 5.76. The molecule has 1 saturated heterocycles. The molecule has 86 heavy (non-hydrogen) atoms. The number of ether oxygens (including phenoxy) is 2. The molecule has 1 rings (SSSR count). The summed E-state index contributed by atoms with van der Waals surface area (Å²) in [5.41, 5.74) is 0. The minimum absolute atomic E-state index is 0.177. The number of carbonyl (C=O) groups excluding carboxylic acids is 1. The van der Waals surface area contributed by atoms with Gasteiger partial charge in [0.1, 0.15) is 24.4 Å². The molecule has 1 amide bonds. The van der Waals surface area contributed by atoms with Crippen LogP contribution >= 0.6 is 0 Å². The molecule has 0 spiro atoms. The van der Waals surface area contributed by atoms with Crippen molar-refractivity contribution in [1.29, 1.82) is 0 Å². The first kappa shape index (κ1) is 82.7. The number of hydrogen-bond donors (Lipinski definition) is 6. The number of carbonyl (C=O) groups is 1. The number of hydrogen-bond acceptors (Lipinski definition) is 8. The van der Waals surface area contributed by atoms with Crippen molar-refractivity contribution >= 4 is 5.91 Å². The molecular formula is C77H149NO8. The van der Waals surface area contributed by atoms with E-state index >= 15 is 0 Å². The Balaban J connectivity index is 2.04. The maximum absolute atomic E-state index is 13.1. The number of aliphatic hydroxyl groups excluding tert-OH is 5. The van der Waals surface area contributed by atoms with Crippen LogP contribution in [-0.2, 0) is 14.3 Å². The van der Waals surface area contributed by atoms with Crippen molar-refractivity contribution in [2.45, 2.75) is 448 Å². The Bertz CT molecular complexity index is 1410. The lowest BCUT2D eigenvalue weighted by Gasteiger charge is -2.40. The van der Waals surface area contributed by atoms with Crippen LogP contribution in [0.25, 0.3) is 0 Å². The van der Waals surface area contributed by atoms with Crippen molar-refractivity contribution in [2.75, 3.05) is 13.2 Å². The number of aliphatic hydroxyl groups is 5. The van der Waals surface area contributed by atoms with Crippen LogP contribution < -0.4 is 5.32 Å². The molecular weight excluding hydrogens is 1070 g/mol. The third-order valence-corrected chi connectivity index (χ3v) is 18.8. The molecule has 7 unspecified atom stereocenters. The van der Waals surface area contributed by atoms with Gasteiger partial charge in [0.05, 0.1) is 25.4 Å². The summed E-state index contributed by atoms with van der Waals surface area (Å²) in [7, 11) is 0. The van der Waals surface area contributed by atoms with Gasteiger partial charge in [0.2, 0.25) is 5.91 Å². The highest BCUT2D eigenvalue weighted by atomic mass is 16.7. The van der Waals surface area contributed by atoms with Gasteiger partial charge in [0.15, 0.2) is 6.29 Å². The van der Waals surface area contributed by atoms with Crippen LogP contribution in [-0.4, -0.2) is 87.5 Å². The molecule has 0 aliphatic carbocycles. The van der Waals surface area contributed by atoms with Crippen molar-refractivity contribution in [1.82, 2.24) is 5.32 Å². The van der Waals surface area contributed by atoms with Gasteiger partial charge in [-0.1, -0.05) is 391 Å². The largest absolute Gasteiger partial charge is 0.394 e. The fraction of sp³-hybridized carbons (Fsp3) is 0.935. The second kappa shape index (κ2) is 66.6. The van der Waals surface area contributed by atoms with Crippen molar-refractivity contribution in [3.63, 3.8) is 0 Å². The highest BCUT2D eigenvalue weighted by Crippen LogP contribution is 2.24. The molecule has 1 heterocycles. The van der Waals surface area contributed by atoms with E-state index in [-0.39, 0.29) is 12.5 Å². The van der Waals surface area contributed by atoms with Crippen LogP contribution in [0.5, 0.6) is 0 Å². The van der Waals surface area contributed by atoms with E-state index in [0.717, 1.165) is 38.5 Å². The van der Waals surface area contributed by atoms with Gasteiger partial charge in [-0.05, 0) is 32.1 Å². The van der Waals surface area contributed by atoms with Crippen LogP contribution in [0.1, 0.15) is 406 Å². The third-order valence-electron chi connectivity index (χ3n) is 18.8. The zero-order chi connectivity index (χ0) is 62.1. The molecule has 9 heteroatoms. The number of rotatable bonds is 69. The van der Waals surface area contributed by atoms with Crippen molar-refractivity contribution < 1.29 is 39.8 Å². The van der Waals surface area contributed by atoms with Gasteiger partial charge in [-0.15, -0.1) is 0 Å². The molecule has 0 saturated carbocycles. The Morgan fingerprint density at radius 2 is 0.663 bits per heavy atom. The fourth-order valence-corrected chi connectivity index (χ4v) is 12.8. The van der Waals surface area contributed by atoms with Crippen LogP contribution in [0.15, 0.2) is 24.3 Å². The van der Waals surface area contributed by atoms with E-state index in [1.807, 2.05) is 6.08 Å². The quantitative estimate of drug-likeness (QED) is 0.0261. The van der Waals surface area contributed by atoms with Crippen LogP contribution in [0.3, 0.4) is 0 Å².